The van der Waals surface area contributed by atoms with E-state index in [1.54, 1.807) is 42.3 Å². The Morgan fingerprint density at radius 3 is 2.58 bits per heavy atom. The maximum Gasteiger partial charge on any atom is 0.259 e. The van der Waals surface area contributed by atoms with E-state index < -0.39 is 0 Å². The van der Waals surface area contributed by atoms with Crippen LogP contribution >= 0.6 is 11.6 Å². The van der Waals surface area contributed by atoms with Crippen LogP contribution in [0.3, 0.4) is 0 Å². The number of aromatic nitrogens is 2. The lowest BCUT2D eigenvalue weighted by Gasteiger charge is -2.10. The highest BCUT2D eigenvalue weighted by molar-refractivity contribution is 6.30. The van der Waals surface area contributed by atoms with Crippen molar-refractivity contribution in [3.8, 4) is 11.4 Å². The molecular weight excluding hydrogens is 326 g/mol. The molecule has 6 heteroatoms. The van der Waals surface area contributed by atoms with E-state index in [4.69, 9.17) is 16.3 Å². The van der Waals surface area contributed by atoms with Gasteiger partial charge in [-0.25, -0.2) is 4.68 Å². The fraction of sp³-hybridized carbons (Fsp3) is 0.111. The van der Waals surface area contributed by atoms with Crippen LogP contribution < -0.4 is 10.1 Å². The number of methoxy groups -OCH3 is 1. The Hall–Kier alpha value is -2.79. The summed E-state index contributed by atoms with van der Waals surface area (Å²) in [5.74, 6) is 0.366. The van der Waals surface area contributed by atoms with Crippen LogP contribution in [0.5, 0.6) is 5.75 Å². The van der Waals surface area contributed by atoms with E-state index in [9.17, 15) is 4.79 Å². The van der Waals surface area contributed by atoms with Gasteiger partial charge in [0, 0.05) is 5.02 Å². The fourth-order valence-electron chi connectivity index (χ4n) is 2.41. The normalized spacial score (nSPS) is 10.5. The molecule has 0 saturated carbocycles. The van der Waals surface area contributed by atoms with Gasteiger partial charge in [0.2, 0.25) is 0 Å². The molecule has 0 radical (unpaired) electrons. The van der Waals surface area contributed by atoms with E-state index >= 15 is 0 Å². The highest BCUT2D eigenvalue weighted by Gasteiger charge is 2.16. The zero-order chi connectivity index (χ0) is 17.1. The number of benzene rings is 2. The van der Waals surface area contributed by atoms with Crippen LogP contribution in [-0.4, -0.2) is 22.8 Å². The number of ether oxygens (including phenoxy) is 1. The van der Waals surface area contributed by atoms with Crippen LogP contribution in [0.4, 0.5) is 5.69 Å². The van der Waals surface area contributed by atoms with Crippen molar-refractivity contribution in [2.24, 2.45) is 0 Å². The molecule has 3 aromatic rings. The highest BCUT2D eigenvalue weighted by Crippen LogP contribution is 2.24. The third-order valence-corrected chi connectivity index (χ3v) is 3.93. The Bertz CT molecular complexity index is 872. The number of hydrogen-bond acceptors (Lipinski definition) is 3. The van der Waals surface area contributed by atoms with Crippen LogP contribution in [0.2, 0.25) is 5.02 Å². The SMILES string of the molecule is COc1ccccc1NC(=O)c1cnn(-c2ccc(Cl)cc2)c1C. The standard InChI is InChI=1S/C18H16ClN3O2/c1-12-15(11-20-22(12)14-9-7-13(19)8-10-14)18(23)21-16-5-3-4-6-17(16)24-2/h3-11H,1-2H3,(H,21,23). The van der Waals surface area contributed by atoms with Gasteiger partial charge in [-0.1, -0.05) is 23.7 Å². The number of rotatable bonds is 4. The van der Waals surface area contributed by atoms with Crippen LogP contribution in [0.15, 0.2) is 54.7 Å². The van der Waals surface area contributed by atoms with Gasteiger partial charge in [-0.3, -0.25) is 4.79 Å². The molecule has 0 spiro atoms. The number of para-hydroxylation sites is 2. The molecule has 0 aliphatic carbocycles. The topological polar surface area (TPSA) is 56.1 Å². The number of amides is 1. The molecule has 3 rings (SSSR count). The monoisotopic (exact) mass is 341 g/mol. The Labute approximate surface area is 144 Å². The lowest BCUT2D eigenvalue weighted by Crippen LogP contribution is -2.13. The zero-order valence-electron chi connectivity index (χ0n) is 13.3. The quantitative estimate of drug-likeness (QED) is 0.777. The zero-order valence-corrected chi connectivity index (χ0v) is 14.0. The van der Waals surface area contributed by atoms with Gasteiger partial charge in [-0.05, 0) is 43.3 Å². The minimum absolute atomic E-state index is 0.239. The number of nitrogens with one attached hydrogen (secondary N) is 1. The van der Waals surface area contributed by atoms with Gasteiger partial charge in [0.25, 0.3) is 5.91 Å². The molecule has 0 aliphatic heterocycles. The highest BCUT2D eigenvalue weighted by atomic mass is 35.5. The summed E-state index contributed by atoms with van der Waals surface area (Å²) in [4.78, 5) is 12.6. The Balaban J connectivity index is 1.87. The minimum atomic E-state index is -0.239. The number of carbonyl (C=O) groups excluding carboxylic acids is 1. The summed E-state index contributed by atoms with van der Waals surface area (Å²) >= 11 is 5.91. The molecule has 1 N–H and O–H groups in total. The van der Waals surface area contributed by atoms with Crippen molar-refractivity contribution in [1.82, 2.24) is 9.78 Å². The van der Waals surface area contributed by atoms with Gasteiger partial charge in [-0.15, -0.1) is 0 Å². The first-order valence-electron chi connectivity index (χ1n) is 7.35. The second kappa shape index (κ2) is 6.76. The van der Waals surface area contributed by atoms with E-state index in [0.29, 0.717) is 22.0 Å². The molecule has 0 aliphatic rings. The average Bonchev–Trinajstić information content (AvgIpc) is 2.98. The predicted octanol–water partition coefficient (Wildman–Crippen LogP) is 4.10. The smallest absolute Gasteiger partial charge is 0.259 e. The Morgan fingerprint density at radius 1 is 1.17 bits per heavy atom. The molecule has 0 atom stereocenters. The van der Waals surface area contributed by atoms with Gasteiger partial charge in [-0.2, -0.15) is 5.10 Å². The summed E-state index contributed by atoms with van der Waals surface area (Å²) in [7, 11) is 1.56. The molecule has 24 heavy (non-hydrogen) atoms. The van der Waals surface area contributed by atoms with Crippen molar-refractivity contribution in [1.29, 1.82) is 0 Å². The molecule has 0 bridgehead atoms. The Morgan fingerprint density at radius 2 is 1.88 bits per heavy atom. The number of hydrogen-bond donors (Lipinski definition) is 1. The second-order valence-electron chi connectivity index (χ2n) is 5.19. The van der Waals surface area contributed by atoms with Crippen molar-refractivity contribution >= 4 is 23.2 Å². The average molecular weight is 342 g/mol. The van der Waals surface area contributed by atoms with Crippen molar-refractivity contribution < 1.29 is 9.53 Å². The first-order valence-corrected chi connectivity index (χ1v) is 7.73. The lowest BCUT2D eigenvalue weighted by atomic mass is 10.2. The van der Waals surface area contributed by atoms with Gasteiger partial charge >= 0.3 is 0 Å². The first kappa shape index (κ1) is 16.1. The summed E-state index contributed by atoms with van der Waals surface area (Å²) < 4.78 is 6.95. The summed E-state index contributed by atoms with van der Waals surface area (Å²) in [6, 6.07) is 14.5. The van der Waals surface area contributed by atoms with Gasteiger partial charge in [0.15, 0.2) is 0 Å². The number of nitrogens with zero attached hydrogens (tertiary/aromatic N) is 2. The van der Waals surface area contributed by atoms with E-state index in [1.165, 1.54) is 0 Å². The maximum atomic E-state index is 12.6. The molecule has 0 fully saturated rings. The van der Waals surface area contributed by atoms with Gasteiger partial charge in [0.1, 0.15) is 5.75 Å². The molecule has 0 unspecified atom stereocenters. The third-order valence-electron chi connectivity index (χ3n) is 3.68. The molecular formula is C18H16ClN3O2. The van der Waals surface area contributed by atoms with Crippen LogP contribution in [0.1, 0.15) is 16.1 Å². The van der Waals surface area contributed by atoms with Crippen LogP contribution in [0, 0.1) is 6.92 Å². The molecule has 1 aromatic heterocycles. The van der Waals surface area contributed by atoms with Crippen molar-refractivity contribution in [2.75, 3.05) is 12.4 Å². The van der Waals surface area contributed by atoms with E-state index in [-0.39, 0.29) is 5.91 Å². The molecule has 2 aromatic carbocycles. The Kier molecular flexibility index (Phi) is 4.53. The number of halogens is 1. The fourth-order valence-corrected chi connectivity index (χ4v) is 2.54. The second-order valence-corrected chi connectivity index (χ2v) is 5.62. The third kappa shape index (κ3) is 3.12. The summed E-state index contributed by atoms with van der Waals surface area (Å²) in [5.41, 5.74) is 2.69. The van der Waals surface area contributed by atoms with Crippen LogP contribution in [-0.2, 0) is 0 Å². The van der Waals surface area contributed by atoms with Gasteiger partial charge < -0.3 is 10.1 Å². The molecule has 122 valence electrons. The van der Waals surface area contributed by atoms with Crippen molar-refractivity contribution in [2.45, 2.75) is 6.92 Å². The van der Waals surface area contributed by atoms with Crippen LogP contribution in [0.25, 0.3) is 5.69 Å². The summed E-state index contributed by atoms with van der Waals surface area (Å²) in [5, 5.41) is 7.81. The maximum absolute atomic E-state index is 12.6. The first-order chi connectivity index (χ1) is 11.6. The predicted molar refractivity (Wildman–Crippen MR) is 94.3 cm³/mol. The molecule has 5 nitrogen and oxygen atoms in total. The van der Waals surface area contributed by atoms with E-state index in [1.807, 2.05) is 31.2 Å². The van der Waals surface area contributed by atoms with Crippen molar-refractivity contribution in [3.05, 3.63) is 71.0 Å². The summed E-state index contributed by atoms with van der Waals surface area (Å²) in [6.45, 7) is 1.85. The number of anilines is 1. The lowest BCUT2D eigenvalue weighted by molar-refractivity contribution is 0.102. The number of carbonyl (C=O) groups is 1. The van der Waals surface area contributed by atoms with Gasteiger partial charge in [0.05, 0.1) is 35.9 Å². The molecule has 1 amide bonds. The van der Waals surface area contributed by atoms with E-state index in [0.717, 1.165) is 11.4 Å². The molecule has 1 heterocycles. The largest absolute Gasteiger partial charge is 0.495 e. The summed E-state index contributed by atoms with van der Waals surface area (Å²) in [6.07, 6.45) is 1.55. The molecule has 0 saturated heterocycles. The van der Waals surface area contributed by atoms with E-state index in [2.05, 4.69) is 10.4 Å². The van der Waals surface area contributed by atoms with Crippen molar-refractivity contribution in [3.63, 3.8) is 0 Å². The minimum Gasteiger partial charge on any atom is -0.495 e.